The third-order valence-electron chi connectivity index (χ3n) is 5.05. The molecule has 2 aromatic carbocycles. The summed E-state index contributed by atoms with van der Waals surface area (Å²) >= 11 is 0. The molecule has 1 aliphatic rings. The second kappa shape index (κ2) is 7.35. The molecule has 1 amide bonds. The number of piperidine rings is 1. The largest absolute Gasteiger partial charge is 0.338 e. The molecule has 2 aromatic rings. The summed E-state index contributed by atoms with van der Waals surface area (Å²) in [4.78, 5) is 15.0. The van der Waals surface area contributed by atoms with Gasteiger partial charge < -0.3 is 4.90 Å². The maximum atomic E-state index is 12.9. The van der Waals surface area contributed by atoms with Crippen LogP contribution in [0.5, 0.6) is 0 Å². The molecule has 0 saturated carbocycles. The van der Waals surface area contributed by atoms with Crippen LogP contribution in [0.25, 0.3) is 0 Å². The van der Waals surface area contributed by atoms with Crippen LogP contribution in [-0.4, -0.2) is 39.4 Å². The normalized spacial score (nSPS) is 16.8. The highest BCUT2D eigenvalue weighted by atomic mass is 32.2. The molecule has 1 heterocycles. The highest BCUT2D eigenvalue weighted by Gasteiger charge is 2.30. The SMILES string of the molecule is CN(c1cccc(C(=O)N2CCCC(C)(C)C2)c1)S(=O)(=O)c1ccccc1. The number of carbonyl (C=O) groups is 1. The Balaban J connectivity index is 1.86. The van der Waals surface area contributed by atoms with Crippen molar-refractivity contribution in [2.45, 2.75) is 31.6 Å². The van der Waals surface area contributed by atoms with Gasteiger partial charge in [-0.1, -0.05) is 38.1 Å². The van der Waals surface area contributed by atoms with E-state index < -0.39 is 10.0 Å². The quantitative estimate of drug-likeness (QED) is 0.804. The Labute approximate surface area is 161 Å². The smallest absolute Gasteiger partial charge is 0.264 e. The predicted molar refractivity (Wildman–Crippen MR) is 107 cm³/mol. The Morgan fingerprint density at radius 2 is 1.78 bits per heavy atom. The second-order valence-electron chi connectivity index (χ2n) is 7.83. The minimum atomic E-state index is -3.67. The molecule has 1 aliphatic heterocycles. The van der Waals surface area contributed by atoms with Crippen molar-refractivity contribution in [1.29, 1.82) is 0 Å². The van der Waals surface area contributed by atoms with E-state index in [4.69, 9.17) is 0 Å². The van der Waals surface area contributed by atoms with Gasteiger partial charge in [-0.3, -0.25) is 9.10 Å². The van der Waals surface area contributed by atoms with Crippen LogP contribution in [0.3, 0.4) is 0 Å². The summed E-state index contributed by atoms with van der Waals surface area (Å²) in [7, 11) is -2.16. The van der Waals surface area contributed by atoms with Gasteiger partial charge >= 0.3 is 0 Å². The average Bonchev–Trinajstić information content (AvgIpc) is 2.66. The van der Waals surface area contributed by atoms with Crippen LogP contribution in [0.1, 0.15) is 37.0 Å². The molecule has 3 rings (SSSR count). The Morgan fingerprint density at radius 1 is 1.07 bits per heavy atom. The molecule has 0 N–H and O–H groups in total. The number of benzene rings is 2. The molecule has 5 nitrogen and oxygen atoms in total. The molecule has 1 fully saturated rings. The number of rotatable bonds is 4. The minimum absolute atomic E-state index is 0.0462. The van der Waals surface area contributed by atoms with Gasteiger partial charge in [0, 0.05) is 25.7 Å². The zero-order valence-corrected chi connectivity index (χ0v) is 16.9. The molecule has 0 spiro atoms. The summed E-state index contributed by atoms with van der Waals surface area (Å²) in [6, 6.07) is 15.1. The van der Waals surface area contributed by atoms with Gasteiger partial charge in [-0.05, 0) is 48.6 Å². The molecular formula is C21H26N2O3S. The van der Waals surface area contributed by atoms with E-state index in [2.05, 4.69) is 13.8 Å². The van der Waals surface area contributed by atoms with Gasteiger partial charge in [-0.25, -0.2) is 8.42 Å². The van der Waals surface area contributed by atoms with Crippen LogP contribution in [0, 0.1) is 5.41 Å². The van der Waals surface area contributed by atoms with Crippen molar-refractivity contribution < 1.29 is 13.2 Å². The molecule has 6 heteroatoms. The molecule has 1 saturated heterocycles. The van der Waals surface area contributed by atoms with Crippen molar-refractivity contribution in [2.24, 2.45) is 5.41 Å². The van der Waals surface area contributed by atoms with E-state index in [1.54, 1.807) is 54.6 Å². The van der Waals surface area contributed by atoms with E-state index >= 15 is 0 Å². The van der Waals surface area contributed by atoms with Crippen LogP contribution >= 0.6 is 0 Å². The monoisotopic (exact) mass is 386 g/mol. The van der Waals surface area contributed by atoms with E-state index in [1.807, 2.05) is 4.90 Å². The second-order valence-corrected chi connectivity index (χ2v) is 9.80. The predicted octanol–water partition coefficient (Wildman–Crippen LogP) is 3.77. The fourth-order valence-electron chi connectivity index (χ4n) is 3.50. The van der Waals surface area contributed by atoms with Crippen molar-refractivity contribution in [3.63, 3.8) is 0 Å². The van der Waals surface area contributed by atoms with E-state index in [-0.39, 0.29) is 16.2 Å². The molecule has 0 unspecified atom stereocenters. The van der Waals surface area contributed by atoms with E-state index in [0.29, 0.717) is 17.8 Å². The highest BCUT2D eigenvalue weighted by Crippen LogP contribution is 2.30. The van der Waals surface area contributed by atoms with Crippen LogP contribution in [0.2, 0.25) is 0 Å². The zero-order chi connectivity index (χ0) is 19.7. The molecule has 0 atom stereocenters. The lowest BCUT2D eigenvalue weighted by Crippen LogP contribution is -2.43. The van der Waals surface area contributed by atoms with Gasteiger partial charge in [-0.15, -0.1) is 0 Å². The van der Waals surface area contributed by atoms with Gasteiger partial charge in [-0.2, -0.15) is 0 Å². The number of likely N-dealkylation sites (tertiary alicyclic amines) is 1. The lowest BCUT2D eigenvalue weighted by molar-refractivity contribution is 0.0583. The van der Waals surface area contributed by atoms with Crippen molar-refractivity contribution in [1.82, 2.24) is 4.90 Å². The third kappa shape index (κ3) is 4.16. The van der Waals surface area contributed by atoms with Crippen molar-refractivity contribution >= 4 is 21.6 Å². The molecule has 0 bridgehead atoms. The fourth-order valence-corrected chi connectivity index (χ4v) is 4.71. The minimum Gasteiger partial charge on any atom is -0.338 e. The maximum absolute atomic E-state index is 12.9. The summed E-state index contributed by atoms with van der Waals surface area (Å²) in [5.41, 5.74) is 1.10. The number of hydrogen-bond acceptors (Lipinski definition) is 3. The summed E-state index contributed by atoms with van der Waals surface area (Å²) < 4.78 is 26.9. The summed E-state index contributed by atoms with van der Waals surface area (Å²) in [5, 5.41) is 0. The van der Waals surface area contributed by atoms with Crippen molar-refractivity contribution in [2.75, 3.05) is 24.4 Å². The van der Waals surface area contributed by atoms with Crippen molar-refractivity contribution in [3.05, 3.63) is 60.2 Å². The first-order valence-corrected chi connectivity index (χ1v) is 10.6. The molecule has 144 valence electrons. The number of sulfonamides is 1. The highest BCUT2D eigenvalue weighted by molar-refractivity contribution is 7.92. The molecule has 0 radical (unpaired) electrons. The number of anilines is 1. The number of nitrogens with zero attached hydrogens (tertiary/aromatic N) is 2. The third-order valence-corrected chi connectivity index (χ3v) is 6.85. The van der Waals surface area contributed by atoms with Crippen LogP contribution in [0.4, 0.5) is 5.69 Å². The van der Waals surface area contributed by atoms with E-state index in [0.717, 1.165) is 19.4 Å². The van der Waals surface area contributed by atoms with Crippen LogP contribution < -0.4 is 4.31 Å². The number of carbonyl (C=O) groups excluding carboxylic acids is 1. The van der Waals surface area contributed by atoms with Gasteiger partial charge in [0.2, 0.25) is 0 Å². The molecule has 0 aliphatic carbocycles. The first-order valence-electron chi connectivity index (χ1n) is 9.14. The lowest BCUT2D eigenvalue weighted by Gasteiger charge is -2.38. The molecule has 27 heavy (non-hydrogen) atoms. The van der Waals surface area contributed by atoms with Crippen molar-refractivity contribution in [3.8, 4) is 0 Å². The fraction of sp³-hybridized carbons (Fsp3) is 0.381. The Hall–Kier alpha value is -2.34. The Morgan fingerprint density at radius 3 is 2.44 bits per heavy atom. The van der Waals surface area contributed by atoms with Crippen LogP contribution in [0.15, 0.2) is 59.5 Å². The molecule has 0 aromatic heterocycles. The van der Waals surface area contributed by atoms with Gasteiger partial charge in [0.1, 0.15) is 0 Å². The van der Waals surface area contributed by atoms with Gasteiger partial charge in [0.05, 0.1) is 10.6 Å². The molecular weight excluding hydrogens is 360 g/mol. The number of hydrogen-bond donors (Lipinski definition) is 0. The Kier molecular flexibility index (Phi) is 5.29. The first-order chi connectivity index (χ1) is 12.7. The topological polar surface area (TPSA) is 57.7 Å². The number of amides is 1. The van der Waals surface area contributed by atoms with Crippen LogP contribution in [-0.2, 0) is 10.0 Å². The van der Waals surface area contributed by atoms with Gasteiger partial charge in [0.15, 0.2) is 0 Å². The first kappa shape index (κ1) is 19.4. The maximum Gasteiger partial charge on any atom is 0.264 e. The lowest BCUT2D eigenvalue weighted by atomic mass is 9.84. The van der Waals surface area contributed by atoms with Gasteiger partial charge in [0.25, 0.3) is 15.9 Å². The summed E-state index contributed by atoms with van der Waals surface area (Å²) in [6.07, 6.45) is 2.09. The van der Waals surface area contributed by atoms with E-state index in [9.17, 15) is 13.2 Å². The summed E-state index contributed by atoms with van der Waals surface area (Å²) in [6.45, 7) is 5.80. The summed E-state index contributed by atoms with van der Waals surface area (Å²) in [5.74, 6) is -0.0462. The standard InChI is InChI=1S/C21H26N2O3S/c1-21(2)13-8-14-23(16-21)20(24)17-9-7-10-18(15-17)22(3)27(25,26)19-11-5-4-6-12-19/h4-7,9-12,15H,8,13-14,16H2,1-3H3. The Bertz CT molecular complexity index is 923. The average molecular weight is 387 g/mol. The zero-order valence-electron chi connectivity index (χ0n) is 16.1. The van der Waals surface area contributed by atoms with E-state index in [1.165, 1.54) is 11.4 Å².